The fourth-order valence-electron chi connectivity index (χ4n) is 3.13. The number of thiophene rings is 1. The molecule has 24 heavy (non-hydrogen) atoms. The predicted molar refractivity (Wildman–Crippen MR) is 86.9 cm³/mol. The number of piperazine rings is 1. The van der Waals surface area contributed by atoms with Crippen LogP contribution < -0.4 is 5.73 Å². The minimum Gasteiger partial charge on any atom is -0.351 e. The van der Waals surface area contributed by atoms with Crippen molar-refractivity contribution < 1.29 is 19.2 Å². The number of imide groups is 1. The highest BCUT2D eigenvalue weighted by molar-refractivity contribution is 7.12. The number of carbonyl (C=O) groups is 4. The van der Waals surface area contributed by atoms with Crippen LogP contribution in [0.25, 0.3) is 0 Å². The number of urea groups is 2. The topological polar surface area (TPSA) is 104 Å². The standard InChI is InChI=1S/C15H18N4O4S/c1-8-5-10(9(2)24-8)12(20)7-19-13(21)11-6-17(14(16)22)3-4-18(11)15(19)23/h5,11H,3-4,6-7H2,1-2H3,(H2,16,22). The van der Waals surface area contributed by atoms with Gasteiger partial charge in [-0.1, -0.05) is 0 Å². The van der Waals surface area contributed by atoms with Crippen molar-refractivity contribution in [2.45, 2.75) is 19.9 Å². The van der Waals surface area contributed by atoms with Gasteiger partial charge >= 0.3 is 12.1 Å². The molecule has 2 N–H and O–H groups in total. The van der Waals surface area contributed by atoms with Crippen LogP contribution in [-0.4, -0.2) is 70.7 Å². The lowest BCUT2D eigenvalue weighted by Crippen LogP contribution is -2.55. The highest BCUT2D eigenvalue weighted by Gasteiger charge is 2.48. The number of hydrogen-bond donors (Lipinski definition) is 1. The molecule has 1 unspecified atom stereocenters. The molecule has 0 spiro atoms. The Morgan fingerprint density at radius 1 is 1.29 bits per heavy atom. The molecule has 0 radical (unpaired) electrons. The first-order chi connectivity index (χ1) is 11.3. The largest absolute Gasteiger partial charge is 0.351 e. The Balaban J connectivity index is 1.76. The first-order valence-electron chi connectivity index (χ1n) is 7.56. The van der Waals surface area contributed by atoms with Crippen LogP contribution in [0.4, 0.5) is 9.59 Å². The summed E-state index contributed by atoms with van der Waals surface area (Å²) in [6.45, 7) is 4.06. The van der Waals surface area contributed by atoms with Crippen LogP contribution in [0.5, 0.6) is 0 Å². The number of aryl methyl sites for hydroxylation is 2. The minimum atomic E-state index is -0.753. The second kappa shape index (κ2) is 5.90. The van der Waals surface area contributed by atoms with E-state index >= 15 is 0 Å². The zero-order chi connectivity index (χ0) is 17.6. The molecule has 128 valence electrons. The first-order valence-corrected chi connectivity index (χ1v) is 8.38. The zero-order valence-corrected chi connectivity index (χ0v) is 14.3. The molecule has 2 saturated heterocycles. The Morgan fingerprint density at radius 3 is 2.58 bits per heavy atom. The summed E-state index contributed by atoms with van der Waals surface area (Å²) < 4.78 is 0. The van der Waals surface area contributed by atoms with E-state index in [4.69, 9.17) is 5.73 Å². The monoisotopic (exact) mass is 350 g/mol. The van der Waals surface area contributed by atoms with Crippen LogP contribution in [0.3, 0.4) is 0 Å². The number of ketones is 1. The van der Waals surface area contributed by atoms with Gasteiger partial charge in [0.25, 0.3) is 5.91 Å². The van der Waals surface area contributed by atoms with Gasteiger partial charge in [0.1, 0.15) is 6.04 Å². The summed E-state index contributed by atoms with van der Waals surface area (Å²) in [5.41, 5.74) is 5.79. The van der Waals surface area contributed by atoms with Gasteiger partial charge in [0.2, 0.25) is 0 Å². The van der Waals surface area contributed by atoms with Gasteiger partial charge in [-0.2, -0.15) is 0 Å². The van der Waals surface area contributed by atoms with Crippen molar-refractivity contribution in [2.24, 2.45) is 5.73 Å². The van der Waals surface area contributed by atoms with Gasteiger partial charge < -0.3 is 15.5 Å². The van der Waals surface area contributed by atoms with Crippen LogP contribution in [0.1, 0.15) is 20.1 Å². The maximum absolute atomic E-state index is 12.5. The molecule has 3 heterocycles. The van der Waals surface area contributed by atoms with Gasteiger partial charge in [0.15, 0.2) is 5.78 Å². The summed E-state index contributed by atoms with van der Waals surface area (Å²) in [5.74, 6) is -0.714. The van der Waals surface area contributed by atoms with Crippen molar-refractivity contribution >= 4 is 35.1 Å². The van der Waals surface area contributed by atoms with Crippen molar-refractivity contribution in [1.82, 2.24) is 14.7 Å². The molecule has 2 aliphatic rings. The molecule has 1 aromatic rings. The smallest absolute Gasteiger partial charge is 0.328 e. The van der Waals surface area contributed by atoms with E-state index < -0.39 is 24.0 Å². The number of nitrogens with zero attached hydrogens (tertiary/aromatic N) is 3. The Hall–Kier alpha value is -2.42. The maximum atomic E-state index is 12.5. The van der Waals surface area contributed by atoms with Gasteiger partial charge in [-0.05, 0) is 19.9 Å². The van der Waals surface area contributed by atoms with Crippen molar-refractivity contribution in [2.75, 3.05) is 26.2 Å². The second-order valence-corrected chi connectivity index (χ2v) is 7.41. The second-order valence-electron chi connectivity index (χ2n) is 5.95. The number of fused-ring (bicyclic) bond motifs is 1. The van der Waals surface area contributed by atoms with E-state index in [1.807, 2.05) is 13.8 Å². The van der Waals surface area contributed by atoms with Crippen LogP contribution in [-0.2, 0) is 4.79 Å². The van der Waals surface area contributed by atoms with Crippen LogP contribution in [0.2, 0.25) is 0 Å². The summed E-state index contributed by atoms with van der Waals surface area (Å²) in [6, 6.07) is -0.0760. The molecule has 8 nitrogen and oxygen atoms in total. The zero-order valence-electron chi connectivity index (χ0n) is 13.4. The van der Waals surface area contributed by atoms with Gasteiger partial charge in [0, 0.05) is 28.4 Å². The third kappa shape index (κ3) is 2.64. The fraction of sp³-hybridized carbons (Fsp3) is 0.467. The highest BCUT2D eigenvalue weighted by atomic mass is 32.1. The third-order valence-corrected chi connectivity index (χ3v) is 5.33. The Bertz CT molecular complexity index is 744. The average molecular weight is 350 g/mol. The van der Waals surface area contributed by atoms with Crippen molar-refractivity contribution in [3.05, 3.63) is 21.4 Å². The lowest BCUT2D eigenvalue weighted by molar-refractivity contribution is -0.128. The highest BCUT2D eigenvalue weighted by Crippen LogP contribution is 2.25. The lowest BCUT2D eigenvalue weighted by Gasteiger charge is -2.34. The number of rotatable bonds is 3. The molecule has 0 aromatic carbocycles. The maximum Gasteiger partial charge on any atom is 0.328 e. The molecule has 2 fully saturated rings. The summed E-state index contributed by atoms with van der Waals surface area (Å²) in [7, 11) is 0. The molecule has 5 amide bonds. The van der Waals surface area contributed by atoms with Crippen molar-refractivity contribution in [3.8, 4) is 0 Å². The van der Waals surface area contributed by atoms with Crippen LogP contribution >= 0.6 is 11.3 Å². The molecule has 0 saturated carbocycles. The Kier molecular flexibility index (Phi) is 4.04. The minimum absolute atomic E-state index is 0.0706. The molecule has 1 aromatic heterocycles. The van der Waals surface area contributed by atoms with Crippen molar-refractivity contribution in [3.63, 3.8) is 0 Å². The molecule has 2 aliphatic heterocycles. The lowest BCUT2D eigenvalue weighted by atomic mass is 10.1. The molecule has 9 heteroatoms. The molecular formula is C15H18N4O4S. The van der Waals surface area contributed by atoms with E-state index in [9.17, 15) is 19.2 Å². The SMILES string of the molecule is Cc1cc(C(=O)CN2C(=O)C3CN(C(N)=O)CCN3C2=O)c(C)s1. The number of carbonyl (C=O) groups excluding carboxylic acids is 4. The normalized spacial score (nSPS) is 20.6. The number of nitrogens with two attached hydrogens (primary N) is 1. The van der Waals surface area contributed by atoms with E-state index in [1.54, 1.807) is 6.07 Å². The van der Waals surface area contributed by atoms with E-state index in [1.165, 1.54) is 21.1 Å². The average Bonchev–Trinajstić information content (AvgIpc) is 2.99. The molecule has 3 rings (SSSR count). The summed E-state index contributed by atoms with van der Waals surface area (Å²) in [5, 5.41) is 0. The van der Waals surface area contributed by atoms with Gasteiger partial charge in [-0.3, -0.25) is 14.5 Å². The quantitative estimate of drug-likeness (QED) is 0.636. The number of amides is 5. The fourth-order valence-corrected chi connectivity index (χ4v) is 4.08. The van der Waals surface area contributed by atoms with Crippen LogP contribution in [0, 0.1) is 13.8 Å². The van der Waals surface area contributed by atoms with Gasteiger partial charge in [0.05, 0.1) is 13.1 Å². The van der Waals surface area contributed by atoms with E-state index in [2.05, 4.69) is 0 Å². The van der Waals surface area contributed by atoms with E-state index in [0.717, 1.165) is 14.7 Å². The summed E-state index contributed by atoms with van der Waals surface area (Å²) >= 11 is 1.50. The van der Waals surface area contributed by atoms with Crippen molar-refractivity contribution in [1.29, 1.82) is 0 Å². The van der Waals surface area contributed by atoms with E-state index in [0.29, 0.717) is 5.56 Å². The van der Waals surface area contributed by atoms with Gasteiger partial charge in [-0.15, -0.1) is 11.3 Å². The molecule has 1 atom stereocenters. The molecule has 0 aliphatic carbocycles. The number of Topliss-reactive ketones (excluding diaryl/α,β-unsaturated/α-hetero) is 1. The first kappa shape index (κ1) is 16.4. The third-order valence-electron chi connectivity index (χ3n) is 4.36. The Morgan fingerprint density at radius 2 is 2.00 bits per heavy atom. The molecular weight excluding hydrogens is 332 g/mol. The van der Waals surface area contributed by atoms with E-state index in [-0.39, 0.29) is 32.0 Å². The summed E-state index contributed by atoms with van der Waals surface area (Å²) in [6.07, 6.45) is 0. The number of primary amides is 1. The Labute approximate surface area is 142 Å². The molecule has 0 bridgehead atoms. The van der Waals surface area contributed by atoms with Gasteiger partial charge in [-0.25, -0.2) is 9.59 Å². The predicted octanol–water partition coefficient (Wildman–Crippen LogP) is 0.575. The summed E-state index contributed by atoms with van der Waals surface area (Å²) in [4.78, 5) is 54.3. The van der Waals surface area contributed by atoms with Crippen LogP contribution in [0.15, 0.2) is 6.07 Å². The number of hydrogen-bond acceptors (Lipinski definition) is 5.